The second-order valence-electron chi connectivity index (χ2n) is 6.64. The number of carbonyl (C=O) groups is 1. The molecule has 7 heteroatoms. The molecular weight excluding hydrogens is 455 g/mol. The molecule has 1 aliphatic rings. The van der Waals surface area contributed by atoms with Crippen molar-refractivity contribution in [1.29, 1.82) is 0 Å². The van der Waals surface area contributed by atoms with Crippen molar-refractivity contribution in [1.82, 2.24) is 10.6 Å². The highest BCUT2D eigenvalue weighted by atomic mass is 127. The number of hydrogen-bond acceptors (Lipinski definition) is 3. The molecule has 3 rings (SSSR count). The summed E-state index contributed by atoms with van der Waals surface area (Å²) in [7, 11) is 0. The number of benzene rings is 1. The monoisotopic (exact) mass is 482 g/mol. The summed E-state index contributed by atoms with van der Waals surface area (Å²) in [4.78, 5) is 16.7. The predicted octanol–water partition coefficient (Wildman–Crippen LogP) is 3.56. The maximum atomic E-state index is 12.3. The van der Waals surface area contributed by atoms with Crippen LogP contribution < -0.4 is 16.4 Å². The molecule has 1 aliphatic carbocycles. The van der Waals surface area contributed by atoms with Crippen LogP contribution in [0.25, 0.3) is 0 Å². The maximum Gasteiger partial charge on any atom is 0.251 e. The fraction of sp³-hybridized carbons (Fsp3) is 0.400. The number of nitrogens with one attached hydrogen (secondary N) is 2. The molecule has 0 saturated heterocycles. The SMILES string of the molecule is I.NC(=NCc1cccc(C(=O)NCc2ccco2)c1)NC1CCCCC1. The van der Waals surface area contributed by atoms with E-state index in [0.717, 1.165) is 24.2 Å². The number of hydrogen-bond donors (Lipinski definition) is 3. The third kappa shape index (κ3) is 6.89. The molecule has 1 amide bonds. The van der Waals surface area contributed by atoms with Crippen LogP contribution >= 0.6 is 24.0 Å². The maximum absolute atomic E-state index is 12.3. The first-order valence-corrected chi connectivity index (χ1v) is 9.17. The van der Waals surface area contributed by atoms with E-state index in [-0.39, 0.29) is 29.9 Å². The standard InChI is InChI=1S/C20H26N4O2.HI/c21-20(24-17-8-2-1-3-9-17)23-13-15-6-4-7-16(12-15)19(25)22-14-18-10-5-11-26-18;/h4-7,10-12,17H,1-3,8-9,13-14H2,(H,22,25)(H3,21,23,24);1H. The average molecular weight is 482 g/mol. The Bertz CT molecular complexity index is 740. The summed E-state index contributed by atoms with van der Waals surface area (Å²) in [5.41, 5.74) is 7.55. The number of nitrogens with zero attached hydrogens (tertiary/aromatic N) is 1. The Labute approximate surface area is 177 Å². The van der Waals surface area contributed by atoms with Crippen LogP contribution in [-0.2, 0) is 13.1 Å². The van der Waals surface area contributed by atoms with Crippen molar-refractivity contribution >= 4 is 35.8 Å². The second kappa shape index (κ2) is 11.0. The molecule has 146 valence electrons. The smallest absolute Gasteiger partial charge is 0.251 e. The summed E-state index contributed by atoms with van der Waals surface area (Å²) >= 11 is 0. The Hall–Kier alpha value is -2.03. The summed E-state index contributed by atoms with van der Waals surface area (Å²) in [6.07, 6.45) is 7.71. The van der Waals surface area contributed by atoms with Crippen molar-refractivity contribution in [3.63, 3.8) is 0 Å². The van der Waals surface area contributed by atoms with Gasteiger partial charge in [-0.3, -0.25) is 4.79 Å². The molecule has 1 fully saturated rings. The molecule has 1 saturated carbocycles. The number of guanidine groups is 1. The van der Waals surface area contributed by atoms with Gasteiger partial charge in [0, 0.05) is 11.6 Å². The molecule has 27 heavy (non-hydrogen) atoms. The molecule has 0 bridgehead atoms. The molecule has 6 nitrogen and oxygen atoms in total. The Balaban J connectivity index is 0.00000261. The van der Waals surface area contributed by atoms with Crippen molar-refractivity contribution < 1.29 is 9.21 Å². The van der Waals surface area contributed by atoms with Crippen molar-refractivity contribution in [2.75, 3.05) is 0 Å². The predicted molar refractivity (Wildman–Crippen MR) is 117 cm³/mol. The van der Waals surface area contributed by atoms with Crippen LogP contribution in [0.3, 0.4) is 0 Å². The second-order valence-corrected chi connectivity index (χ2v) is 6.64. The Morgan fingerprint density at radius 2 is 2.00 bits per heavy atom. The first-order chi connectivity index (χ1) is 12.7. The summed E-state index contributed by atoms with van der Waals surface area (Å²) in [6, 6.07) is 11.5. The van der Waals surface area contributed by atoms with Gasteiger partial charge in [-0.2, -0.15) is 0 Å². The zero-order valence-corrected chi connectivity index (χ0v) is 17.6. The van der Waals surface area contributed by atoms with Gasteiger partial charge in [0.1, 0.15) is 5.76 Å². The van der Waals surface area contributed by atoms with Gasteiger partial charge in [-0.05, 0) is 42.7 Å². The highest BCUT2D eigenvalue weighted by molar-refractivity contribution is 14.0. The van der Waals surface area contributed by atoms with Crippen LogP contribution in [0.5, 0.6) is 0 Å². The van der Waals surface area contributed by atoms with Crippen LogP contribution in [0, 0.1) is 0 Å². The minimum atomic E-state index is -0.138. The van der Waals surface area contributed by atoms with Gasteiger partial charge < -0.3 is 20.8 Å². The highest BCUT2D eigenvalue weighted by Crippen LogP contribution is 2.17. The van der Waals surface area contributed by atoms with Gasteiger partial charge >= 0.3 is 0 Å². The van der Waals surface area contributed by atoms with Gasteiger partial charge in [0.25, 0.3) is 5.91 Å². The van der Waals surface area contributed by atoms with Gasteiger partial charge in [-0.25, -0.2) is 4.99 Å². The number of rotatable bonds is 6. The minimum absolute atomic E-state index is 0. The van der Waals surface area contributed by atoms with Gasteiger partial charge in [-0.1, -0.05) is 31.4 Å². The van der Waals surface area contributed by atoms with E-state index in [4.69, 9.17) is 10.2 Å². The number of nitrogens with two attached hydrogens (primary N) is 1. The molecule has 4 N–H and O–H groups in total. The first-order valence-electron chi connectivity index (χ1n) is 9.17. The Morgan fingerprint density at radius 3 is 2.74 bits per heavy atom. The lowest BCUT2D eigenvalue weighted by molar-refractivity contribution is 0.0948. The topological polar surface area (TPSA) is 92.6 Å². The quantitative estimate of drug-likeness (QED) is 0.334. The number of furan rings is 1. The van der Waals surface area contributed by atoms with E-state index in [1.54, 1.807) is 18.4 Å². The van der Waals surface area contributed by atoms with Gasteiger partial charge in [0.05, 0.1) is 19.4 Å². The van der Waals surface area contributed by atoms with Gasteiger partial charge in [-0.15, -0.1) is 24.0 Å². The van der Waals surface area contributed by atoms with Crippen LogP contribution in [0.15, 0.2) is 52.1 Å². The molecule has 0 radical (unpaired) electrons. The van der Waals surface area contributed by atoms with Crippen molar-refractivity contribution in [3.05, 3.63) is 59.5 Å². The molecule has 1 heterocycles. The lowest BCUT2D eigenvalue weighted by Gasteiger charge is -2.23. The van der Waals surface area contributed by atoms with Crippen LogP contribution in [0.1, 0.15) is 53.8 Å². The first kappa shape index (κ1) is 21.3. The summed E-state index contributed by atoms with van der Waals surface area (Å²) < 4.78 is 5.22. The summed E-state index contributed by atoms with van der Waals surface area (Å²) in [5.74, 6) is 1.06. The molecule has 0 aliphatic heterocycles. The number of aliphatic imine (C=N–C) groups is 1. The molecule has 2 aromatic rings. The van der Waals surface area contributed by atoms with E-state index >= 15 is 0 Å². The van der Waals surface area contributed by atoms with Gasteiger partial charge in [0.2, 0.25) is 0 Å². The third-order valence-electron chi connectivity index (χ3n) is 4.58. The average Bonchev–Trinajstić information content (AvgIpc) is 3.19. The number of amides is 1. The molecule has 0 atom stereocenters. The largest absolute Gasteiger partial charge is 0.467 e. The fourth-order valence-electron chi connectivity index (χ4n) is 3.17. The normalized spacial score (nSPS) is 15.0. The van der Waals surface area contributed by atoms with Crippen LogP contribution in [-0.4, -0.2) is 17.9 Å². The molecule has 0 unspecified atom stereocenters. The van der Waals surface area contributed by atoms with Crippen molar-refractivity contribution in [2.24, 2.45) is 10.7 Å². The Kier molecular flexibility index (Phi) is 8.63. The summed E-state index contributed by atoms with van der Waals surface area (Å²) in [5, 5.41) is 6.14. The molecular formula is C20H27IN4O2. The number of halogens is 1. The fourth-order valence-corrected chi connectivity index (χ4v) is 3.17. The number of carbonyl (C=O) groups excluding carboxylic acids is 1. The van der Waals surface area contributed by atoms with E-state index in [1.165, 1.54) is 19.3 Å². The van der Waals surface area contributed by atoms with E-state index in [0.29, 0.717) is 30.7 Å². The van der Waals surface area contributed by atoms with Crippen LogP contribution in [0.4, 0.5) is 0 Å². The summed E-state index contributed by atoms with van der Waals surface area (Å²) in [6.45, 7) is 0.817. The van der Waals surface area contributed by atoms with Crippen molar-refractivity contribution in [2.45, 2.75) is 51.2 Å². The highest BCUT2D eigenvalue weighted by Gasteiger charge is 2.13. The van der Waals surface area contributed by atoms with Crippen molar-refractivity contribution in [3.8, 4) is 0 Å². The zero-order chi connectivity index (χ0) is 18.2. The van der Waals surface area contributed by atoms with E-state index < -0.39 is 0 Å². The van der Waals surface area contributed by atoms with E-state index in [1.807, 2.05) is 24.3 Å². The zero-order valence-electron chi connectivity index (χ0n) is 15.3. The minimum Gasteiger partial charge on any atom is -0.467 e. The van der Waals surface area contributed by atoms with E-state index in [9.17, 15) is 4.79 Å². The molecule has 1 aromatic carbocycles. The van der Waals surface area contributed by atoms with Crippen LogP contribution in [0.2, 0.25) is 0 Å². The van der Waals surface area contributed by atoms with Gasteiger partial charge in [0.15, 0.2) is 5.96 Å². The Morgan fingerprint density at radius 1 is 1.19 bits per heavy atom. The lowest BCUT2D eigenvalue weighted by Crippen LogP contribution is -2.41. The van der Waals surface area contributed by atoms with E-state index in [2.05, 4.69) is 15.6 Å². The molecule has 0 spiro atoms. The lowest BCUT2D eigenvalue weighted by atomic mass is 9.96. The third-order valence-corrected chi connectivity index (χ3v) is 4.58. The molecule has 1 aromatic heterocycles.